The number of halogens is 2. The fraction of sp³-hybridized carbons (Fsp3) is 0. The van der Waals surface area contributed by atoms with Crippen LogP contribution in [-0.4, -0.2) is 39.5 Å². The van der Waals surface area contributed by atoms with Gasteiger partial charge >= 0.3 is 0 Å². The first kappa shape index (κ1) is 15.1. The molecule has 0 atom stereocenters. The zero-order valence-electron chi connectivity index (χ0n) is 11.3. The third kappa shape index (κ3) is 3.49. The molecule has 23 heavy (non-hydrogen) atoms. The average molecular weight is 351 g/mol. The van der Waals surface area contributed by atoms with Crippen molar-refractivity contribution in [3.63, 3.8) is 0 Å². The van der Waals surface area contributed by atoms with Gasteiger partial charge in [-0.05, 0) is 23.2 Å². The Bertz CT molecular complexity index is 848. The molecule has 3 heterocycles. The molecule has 0 spiro atoms. The standard InChI is InChI=1S/C11H8Cl2N10/c12-8-17-6(19-10(21-8)16-2-1-14)7-18-9(13)22-11(20-7)23-4-3-15-5-23/h1-5H,14H2,(H,16,17,19,21)/b2-1-. The molecule has 3 N–H and O–H groups in total. The third-order valence-electron chi connectivity index (χ3n) is 2.45. The van der Waals surface area contributed by atoms with Crippen LogP contribution < -0.4 is 11.1 Å². The lowest BCUT2D eigenvalue weighted by molar-refractivity contribution is 0.888. The number of nitrogens with zero attached hydrogens (tertiary/aromatic N) is 8. The van der Waals surface area contributed by atoms with Crippen molar-refractivity contribution in [3.8, 4) is 17.6 Å². The predicted octanol–water partition coefficient (Wildman–Crippen LogP) is 1.06. The lowest BCUT2D eigenvalue weighted by Gasteiger charge is -2.05. The van der Waals surface area contributed by atoms with E-state index in [1.807, 2.05) is 0 Å². The summed E-state index contributed by atoms with van der Waals surface area (Å²) in [6.07, 6.45) is 7.49. The number of nitrogens with one attached hydrogen (secondary N) is 1. The fourth-order valence-electron chi connectivity index (χ4n) is 1.57. The highest BCUT2D eigenvalue weighted by Gasteiger charge is 2.13. The third-order valence-corrected chi connectivity index (χ3v) is 2.79. The quantitative estimate of drug-likeness (QED) is 0.707. The summed E-state index contributed by atoms with van der Waals surface area (Å²) >= 11 is 11.8. The van der Waals surface area contributed by atoms with Crippen LogP contribution in [0, 0.1) is 0 Å². The van der Waals surface area contributed by atoms with Gasteiger partial charge in [-0.25, -0.2) is 4.98 Å². The maximum Gasteiger partial charge on any atom is 0.239 e. The summed E-state index contributed by atoms with van der Waals surface area (Å²) in [6, 6.07) is 0. The second-order valence-corrected chi connectivity index (χ2v) is 4.63. The Morgan fingerprint density at radius 3 is 2.43 bits per heavy atom. The van der Waals surface area contributed by atoms with E-state index < -0.39 is 0 Å². The van der Waals surface area contributed by atoms with Gasteiger partial charge in [0.2, 0.25) is 34.1 Å². The number of hydrogen-bond donors (Lipinski definition) is 2. The summed E-state index contributed by atoms with van der Waals surface area (Å²) in [4.78, 5) is 28.2. The van der Waals surface area contributed by atoms with E-state index in [1.54, 1.807) is 17.0 Å². The molecule has 0 aromatic carbocycles. The summed E-state index contributed by atoms with van der Waals surface area (Å²) in [6.45, 7) is 0. The Balaban J connectivity index is 2.06. The van der Waals surface area contributed by atoms with Gasteiger partial charge in [-0.3, -0.25) is 4.57 Å². The summed E-state index contributed by atoms with van der Waals surface area (Å²) in [7, 11) is 0. The molecule has 0 aliphatic carbocycles. The smallest absolute Gasteiger partial charge is 0.239 e. The lowest BCUT2D eigenvalue weighted by atomic mass is 10.5. The average Bonchev–Trinajstić information content (AvgIpc) is 3.06. The van der Waals surface area contributed by atoms with E-state index >= 15 is 0 Å². The highest BCUT2D eigenvalue weighted by atomic mass is 35.5. The molecular formula is C11H8Cl2N10. The van der Waals surface area contributed by atoms with Gasteiger partial charge in [0.05, 0.1) is 0 Å². The predicted molar refractivity (Wildman–Crippen MR) is 82.7 cm³/mol. The van der Waals surface area contributed by atoms with Gasteiger partial charge in [-0.2, -0.15) is 29.9 Å². The molecule has 116 valence electrons. The fourth-order valence-corrected chi connectivity index (χ4v) is 1.89. The van der Waals surface area contributed by atoms with Crippen molar-refractivity contribution in [2.75, 3.05) is 5.32 Å². The normalized spacial score (nSPS) is 11.0. The molecule has 0 fully saturated rings. The monoisotopic (exact) mass is 350 g/mol. The van der Waals surface area contributed by atoms with Crippen molar-refractivity contribution in [2.24, 2.45) is 5.73 Å². The van der Waals surface area contributed by atoms with Crippen LogP contribution in [0.1, 0.15) is 0 Å². The van der Waals surface area contributed by atoms with Crippen LogP contribution in [0.2, 0.25) is 10.6 Å². The Morgan fingerprint density at radius 1 is 1.00 bits per heavy atom. The zero-order valence-corrected chi connectivity index (χ0v) is 12.8. The molecule has 0 unspecified atom stereocenters. The number of anilines is 1. The molecule has 0 saturated carbocycles. The molecule has 0 bridgehead atoms. The van der Waals surface area contributed by atoms with E-state index in [-0.39, 0.29) is 34.1 Å². The first-order valence-corrected chi connectivity index (χ1v) is 6.86. The van der Waals surface area contributed by atoms with Crippen LogP contribution in [0.15, 0.2) is 31.1 Å². The minimum absolute atomic E-state index is 0.0217. The maximum absolute atomic E-state index is 5.94. The number of imidazole rings is 1. The van der Waals surface area contributed by atoms with Crippen LogP contribution in [0.5, 0.6) is 0 Å². The Morgan fingerprint density at radius 2 is 1.74 bits per heavy atom. The Labute approximate surface area is 139 Å². The minimum atomic E-state index is -0.0383. The van der Waals surface area contributed by atoms with E-state index in [4.69, 9.17) is 28.9 Å². The van der Waals surface area contributed by atoms with Gasteiger partial charge in [0.25, 0.3) is 0 Å². The van der Waals surface area contributed by atoms with Gasteiger partial charge in [0.15, 0.2) is 0 Å². The van der Waals surface area contributed by atoms with Crippen molar-refractivity contribution >= 4 is 29.2 Å². The lowest BCUT2D eigenvalue weighted by Crippen LogP contribution is -2.07. The van der Waals surface area contributed by atoms with E-state index in [0.717, 1.165) is 0 Å². The molecule has 12 heteroatoms. The van der Waals surface area contributed by atoms with E-state index in [9.17, 15) is 0 Å². The SMILES string of the molecule is N/C=C\Nc1nc(Cl)nc(-c2nc(Cl)nc(-n3ccnc3)n2)n1. The van der Waals surface area contributed by atoms with Crippen molar-refractivity contribution in [1.29, 1.82) is 0 Å². The molecule has 3 aromatic rings. The van der Waals surface area contributed by atoms with Crippen LogP contribution >= 0.6 is 23.2 Å². The second-order valence-electron chi connectivity index (χ2n) is 3.95. The molecule has 0 aliphatic heterocycles. The van der Waals surface area contributed by atoms with Crippen molar-refractivity contribution in [2.45, 2.75) is 0 Å². The number of rotatable bonds is 4. The number of nitrogens with two attached hydrogens (primary N) is 1. The molecule has 3 aromatic heterocycles. The van der Waals surface area contributed by atoms with Crippen molar-refractivity contribution in [1.82, 2.24) is 39.5 Å². The van der Waals surface area contributed by atoms with Gasteiger partial charge in [0.1, 0.15) is 6.33 Å². The topological polar surface area (TPSA) is 133 Å². The molecule has 0 amide bonds. The molecule has 0 aliphatic rings. The minimum Gasteiger partial charge on any atom is -0.403 e. The van der Waals surface area contributed by atoms with E-state index in [2.05, 4.69) is 40.2 Å². The number of hydrogen-bond acceptors (Lipinski definition) is 9. The van der Waals surface area contributed by atoms with Gasteiger partial charge in [-0.1, -0.05) is 0 Å². The van der Waals surface area contributed by atoms with Gasteiger partial charge < -0.3 is 11.1 Å². The largest absolute Gasteiger partial charge is 0.403 e. The molecular weight excluding hydrogens is 343 g/mol. The van der Waals surface area contributed by atoms with E-state index in [1.165, 1.54) is 18.7 Å². The maximum atomic E-state index is 5.94. The summed E-state index contributed by atoms with van der Waals surface area (Å²) in [5.41, 5.74) is 5.25. The highest BCUT2D eigenvalue weighted by molar-refractivity contribution is 6.28. The summed E-state index contributed by atoms with van der Waals surface area (Å²) < 4.78 is 1.57. The van der Waals surface area contributed by atoms with E-state index in [0.29, 0.717) is 0 Å². The molecule has 3 rings (SSSR count). The van der Waals surface area contributed by atoms with Crippen molar-refractivity contribution in [3.05, 3.63) is 41.7 Å². The molecule has 10 nitrogen and oxygen atoms in total. The zero-order chi connectivity index (χ0) is 16.2. The van der Waals surface area contributed by atoms with Crippen LogP contribution in [0.4, 0.5) is 5.95 Å². The van der Waals surface area contributed by atoms with Gasteiger partial charge in [0, 0.05) is 24.8 Å². The first-order chi connectivity index (χ1) is 11.2. The number of aromatic nitrogens is 8. The van der Waals surface area contributed by atoms with Crippen LogP contribution in [-0.2, 0) is 0 Å². The van der Waals surface area contributed by atoms with Gasteiger partial charge in [-0.15, -0.1) is 0 Å². The van der Waals surface area contributed by atoms with Crippen molar-refractivity contribution < 1.29 is 0 Å². The first-order valence-electron chi connectivity index (χ1n) is 6.11. The van der Waals surface area contributed by atoms with Crippen LogP contribution in [0.3, 0.4) is 0 Å². The Hall–Kier alpha value is -2.85. The summed E-state index contributed by atoms with van der Waals surface area (Å²) in [5.74, 6) is 0.717. The molecule has 0 radical (unpaired) electrons. The van der Waals surface area contributed by atoms with Crippen LogP contribution in [0.25, 0.3) is 17.6 Å². The Kier molecular flexibility index (Phi) is 4.26. The highest BCUT2D eigenvalue weighted by Crippen LogP contribution is 2.17. The molecule has 0 saturated heterocycles. The summed E-state index contributed by atoms with van der Waals surface area (Å²) in [5, 5.41) is 2.67. The second kappa shape index (κ2) is 6.50.